The van der Waals surface area contributed by atoms with Crippen molar-refractivity contribution in [2.75, 3.05) is 18.4 Å². The van der Waals surface area contributed by atoms with Crippen molar-refractivity contribution in [1.82, 2.24) is 10.3 Å². The standard InChI is InChI=1S/C14H19N3O2/c18-13(19)5-4-11-8-12-10-15-6-2-1-3-7-16-14(12)17-9-11/h4-5,8-9,15H,1-3,6-7,10H2,(H,16,17)(H,18,19)/b5-4+. The predicted octanol–water partition coefficient (Wildman–Crippen LogP) is 1.86. The predicted molar refractivity (Wildman–Crippen MR) is 75.0 cm³/mol. The van der Waals surface area contributed by atoms with Crippen molar-refractivity contribution in [2.45, 2.75) is 25.8 Å². The van der Waals surface area contributed by atoms with E-state index < -0.39 is 5.97 Å². The summed E-state index contributed by atoms with van der Waals surface area (Å²) in [5.41, 5.74) is 1.89. The van der Waals surface area contributed by atoms with Crippen LogP contribution in [0.3, 0.4) is 0 Å². The highest BCUT2D eigenvalue weighted by Crippen LogP contribution is 2.16. The van der Waals surface area contributed by atoms with Gasteiger partial charge < -0.3 is 15.7 Å². The van der Waals surface area contributed by atoms with Crippen LogP contribution in [0.25, 0.3) is 6.08 Å². The first-order chi connectivity index (χ1) is 9.25. The molecule has 2 rings (SSSR count). The van der Waals surface area contributed by atoms with Crippen molar-refractivity contribution in [3.8, 4) is 0 Å². The van der Waals surface area contributed by atoms with Gasteiger partial charge >= 0.3 is 5.97 Å². The molecule has 0 unspecified atom stereocenters. The lowest BCUT2D eigenvalue weighted by Gasteiger charge is -2.14. The highest BCUT2D eigenvalue weighted by molar-refractivity contribution is 5.85. The van der Waals surface area contributed by atoms with Crippen LogP contribution in [-0.4, -0.2) is 29.1 Å². The number of aliphatic carboxylic acids is 1. The number of hydrogen-bond acceptors (Lipinski definition) is 4. The van der Waals surface area contributed by atoms with Crippen molar-refractivity contribution in [3.63, 3.8) is 0 Å². The number of hydrogen-bond donors (Lipinski definition) is 3. The minimum absolute atomic E-state index is 0.754. The molecule has 0 radical (unpaired) electrons. The van der Waals surface area contributed by atoms with E-state index >= 15 is 0 Å². The van der Waals surface area contributed by atoms with E-state index in [1.807, 2.05) is 6.07 Å². The van der Waals surface area contributed by atoms with Crippen LogP contribution in [0.5, 0.6) is 0 Å². The van der Waals surface area contributed by atoms with Gasteiger partial charge in [0, 0.05) is 30.9 Å². The Morgan fingerprint density at radius 1 is 1.32 bits per heavy atom. The number of fused-ring (bicyclic) bond motifs is 1. The minimum Gasteiger partial charge on any atom is -0.478 e. The fraction of sp³-hybridized carbons (Fsp3) is 0.429. The number of nitrogens with zero attached hydrogens (tertiary/aromatic N) is 1. The fourth-order valence-electron chi connectivity index (χ4n) is 2.06. The maximum Gasteiger partial charge on any atom is 0.328 e. The van der Waals surface area contributed by atoms with E-state index in [0.29, 0.717) is 0 Å². The molecule has 0 bridgehead atoms. The van der Waals surface area contributed by atoms with Gasteiger partial charge in [0.1, 0.15) is 5.82 Å². The summed E-state index contributed by atoms with van der Waals surface area (Å²) in [6.07, 6.45) is 7.93. The number of aromatic nitrogens is 1. The SMILES string of the molecule is O=C(O)/C=C/c1cnc2c(c1)CNCCCCCN2. The lowest BCUT2D eigenvalue weighted by molar-refractivity contribution is -0.131. The van der Waals surface area contributed by atoms with Crippen molar-refractivity contribution in [2.24, 2.45) is 0 Å². The average Bonchev–Trinajstić information content (AvgIpc) is 2.41. The lowest BCUT2D eigenvalue weighted by Crippen LogP contribution is -2.19. The maximum atomic E-state index is 10.5. The second kappa shape index (κ2) is 6.89. The molecule has 0 fully saturated rings. The number of carboxylic acid groups (broad SMARTS) is 1. The molecular formula is C14H19N3O2. The zero-order valence-corrected chi connectivity index (χ0v) is 10.9. The molecule has 0 saturated carbocycles. The van der Waals surface area contributed by atoms with E-state index in [1.165, 1.54) is 12.8 Å². The van der Waals surface area contributed by atoms with Gasteiger partial charge in [-0.05, 0) is 37.1 Å². The first kappa shape index (κ1) is 13.5. The van der Waals surface area contributed by atoms with Gasteiger partial charge in [-0.1, -0.05) is 6.42 Å². The number of pyridine rings is 1. The molecule has 0 atom stereocenters. The van der Waals surface area contributed by atoms with E-state index in [9.17, 15) is 4.79 Å². The maximum absolute atomic E-state index is 10.5. The van der Waals surface area contributed by atoms with Gasteiger partial charge in [0.15, 0.2) is 0 Å². The molecule has 1 aromatic rings. The zero-order chi connectivity index (χ0) is 13.5. The van der Waals surface area contributed by atoms with Gasteiger partial charge in [0.25, 0.3) is 0 Å². The van der Waals surface area contributed by atoms with Gasteiger partial charge in [-0.25, -0.2) is 9.78 Å². The van der Waals surface area contributed by atoms with Crippen LogP contribution in [0.4, 0.5) is 5.82 Å². The van der Waals surface area contributed by atoms with Crippen molar-refractivity contribution < 1.29 is 9.90 Å². The Labute approximate surface area is 112 Å². The Balaban J connectivity index is 2.17. The van der Waals surface area contributed by atoms with Gasteiger partial charge in [-0.2, -0.15) is 0 Å². The van der Waals surface area contributed by atoms with Gasteiger partial charge in [-0.15, -0.1) is 0 Å². The molecule has 0 amide bonds. The summed E-state index contributed by atoms with van der Waals surface area (Å²) in [6, 6.07) is 1.98. The van der Waals surface area contributed by atoms with Crippen molar-refractivity contribution in [3.05, 3.63) is 29.5 Å². The molecule has 19 heavy (non-hydrogen) atoms. The number of carboxylic acids is 1. The third-order valence-electron chi connectivity index (χ3n) is 3.04. The Hall–Kier alpha value is -1.88. The third kappa shape index (κ3) is 4.37. The molecular weight excluding hydrogens is 242 g/mol. The second-order valence-electron chi connectivity index (χ2n) is 4.61. The number of carbonyl (C=O) groups is 1. The summed E-state index contributed by atoms with van der Waals surface area (Å²) in [5, 5.41) is 15.3. The van der Waals surface area contributed by atoms with Crippen LogP contribution in [0, 0.1) is 0 Å². The summed E-state index contributed by atoms with van der Waals surface area (Å²) in [4.78, 5) is 14.9. The van der Waals surface area contributed by atoms with E-state index in [-0.39, 0.29) is 0 Å². The van der Waals surface area contributed by atoms with E-state index in [0.717, 1.165) is 49.1 Å². The number of nitrogens with one attached hydrogen (secondary N) is 2. The Morgan fingerprint density at radius 2 is 2.16 bits per heavy atom. The average molecular weight is 261 g/mol. The fourth-order valence-corrected chi connectivity index (χ4v) is 2.06. The first-order valence-corrected chi connectivity index (χ1v) is 6.60. The van der Waals surface area contributed by atoms with Crippen LogP contribution >= 0.6 is 0 Å². The smallest absolute Gasteiger partial charge is 0.328 e. The monoisotopic (exact) mass is 261 g/mol. The van der Waals surface area contributed by atoms with E-state index in [4.69, 9.17) is 5.11 Å². The summed E-state index contributed by atoms with van der Waals surface area (Å²) in [7, 11) is 0. The largest absolute Gasteiger partial charge is 0.478 e. The summed E-state index contributed by atoms with van der Waals surface area (Å²) < 4.78 is 0. The van der Waals surface area contributed by atoms with E-state index in [1.54, 1.807) is 12.3 Å². The topological polar surface area (TPSA) is 74.2 Å². The normalized spacial score (nSPS) is 16.6. The number of rotatable bonds is 2. The van der Waals surface area contributed by atoms with Crippen LogP contribution in [0.15, 0.2) is 18.3 Å². The van der Waals surface area contributed by atoms with E-state index in [2.05, 4.69) is 15.6 Å². The first-order valence-electron chi connectivity index (χ1n) is 6.60. The Bertz CT molecular complexity index is 472. The molecule has 2 heterocycles. The molecule has 1 aliphatic heterocycles. The molecule has 1 aliphatic rings. The third-order valence-corrected chi connectivity index (χ3v) is 3.04. The Morgan fingerprint density at radius 3 is 3.00 bits per heavy atom. The molecule has 3 N–H and O–H groups in total. The highest BCUT2D eigenvalue weighted by atomic mass is 16.4. The van der Waals surface area contributed by atoms with Crippen molar-refractivity contribution in [1.29, 1.82) is 0 Å². The second-order valence-corrected chi connectivity index (χ2v) is 4.61. The zero-order valence-electron chi connectivity index (χ0n) is 10.9. The molecule has 5 heteroatoms. The molecule has 0 aliphatic carbocycles. The van der Waals surface area contributed by atoms with Gasteiger partial charge in [0.05, 0.1) is 0 Å². The summed E-state index contributed by atoms with van der Waals surface area (Å²) in [6.45, 7) is 2.70. The van der Waals surface area contributed by atoms with Crippen LogP contribution < -0.4 is 10.6 Å². The number of anilines is 1. The van der Waals surface area contributed by atoms with Gasteiger partial charge in [-0.3, -0.25) is 0 Å². The lowest BCUT2D eigenvalue weighted by atomic mass is 10.1. The van der Waals surface area contributed by atoms with Crippen molar-refractivity contribution >= 4 is 17.9 Å². The molecule has 102 valence electrons. The highest BCUT2D eigenvalue weighted by Gasteiger charge is 2.06. The molecule has 5 nitrogen and oxygen atoms in total. The van der Waals surface area contributed by atoms with Crippen LogP contribution in [-0.2, 0) is 11.3 Å². The minimum atomic E-state index is -0.948. The summed E-state index contributed by atoms with van der Waals surface area (Å²) in [5.74, 6) is -0.0573. The Kier molecular flexibility index (Phi) is 4.92. The summed E-state index contributed by atoms with van der Waals surface area (Å²) >= 11 is 0. The molecule has 0 spiro atoms. The van der Waals surface area contributed by atoms with Gasteiger partial charge in [0.2, 0.25) is 0 Å². The van der Waals surface area contributed by atoms with Crippen LogP contribution in [0.2, 0.25) is 0 Å². The van der Waals surface area contributed by atoms with Crippen LogP contribution in [0.1, 0.15) is 30.4 Å². The molecule has 0 aromatic carbocycles. The molecule has 1 aromatic heterocycles. The quantitative estimate of drug-likeness (QED) is 0.709. The molecule has 0 saturated heterocycles.